The van der Waals surface area contributed by atoms with Crippen LogP contribution in [0.2, 0.25) is 0 Å². The van der Waals surface area contributed by atoms with E-state index in [0.717, 1.165) is 44.0 Å². The van der Waals surface area contributed by atoms with Crippen molar-refractivity contribution >= 4 is 5.91 Å². The van der Waals surface area contributed by atoms with Crippen LogP contribution in [0.4, 0.5) is 0 Å². The van der Waals surface area contributed by atoms with E-state index in [-0.39, 0.29) is 5.76 Å². The second-order valence-electron chi connectivity index (χ2n) is 6.14. The molecule has 1 aromatic carbocycles. The molecule has 8 heteroatoms. The molecule has 0 aromatic heterocycles. The van der Waals surface area contributed by atoms with Gasteiger partial charge in [0.1, 0.15) is 5.76 Å². The van der Waals surface area contributed by atoms with Crippen molar-refractivity contribution in [1.29, 1.82) is 0 Å². The fraction of sp³-hybridized carbons (Fsp3) is 0.500. The minimum Gasteiger partial charge on any atom is -0.510 e. The maximum Gasteiger partial charge on any atom is 0.277 e. The van der Waals surface area contributed by atoms with Crippen LogP contribution >= 0.6 is 0 Å². The zero-order valence-corrected chi connectivity index (χ0v) is 15.4. The first-order chi connectivity index (χ1) is 12.5. The highest BCUT2D eigenvalue weighted by Crippen LogP contribution is 2.33. The quantitative estimate of drug-likeness (QED) is 0.318. The van der Waals surface area contributed by atoms with Crippen LogP contribution in [0.1, 0.15) is 24.5 Å². The number of methoxy groups -OCH3 is 2. The van der Waals surface area contributed by atoms with Gasteiger partial charge in [-0.15, -0.1) is 4.91 Å². The standard InChI is InChI=1S/C18H25N3O5/c1-12(22)17(20-24)18(23)19-6-4-7-21-8-5-13-9-15(25-2)16(26-3)10-14(13)11-21/h9-10,22H,4-8,11H2,1-3H3,(H,19,23)/b17-12+. The Morgan fingerprint density at radius 3 is 2.50 bits per heavy atom. The van der Waals surface area contributed by atoms with Gasteiger partial charge in [-0.25, -0.2) is 0 Å². The van der Waals surface area contributed by atoms with E-state index < -0.39 is 11.6 Å². The Kier molecular flexibility index (Phi) is 6.97. The molecular weight excluding hydrogens is 338 g/mol. The van der Waals surface area contributed by atoms with Crippen molar-refractivity contribution < 1.29 is 19.4 Å². The van der Waals surface area contributed by atoms with Crippen LogP contribution in [0.25, 0.3) is 0 Å². The number of amides is 1. The molecule has 1 aromatic rings. The lowest BCUT2D eigenvalue weighted by atomic mass is 9.98. The number of hydrogen-bond acceptors (Lipinski definition) is 7. The summed E-state index contributed by atoms with van der Waals surface area (Å²) in [5.41, 5.74) is 2.00. The van der Waals surface area contributed by atoms with Gasteiger partial charge in [-0.05, 0) is 48.2 Å². The molecular formula is C18H25N3O5. The molecule has 0 radical (unpaired) electrons. The van der Waals surface area contributed by atoms with Gasteiger partial charge < -0.3 is 19.9 Å². The number of nitrogens with zero attached hydrogens (tertiary/aromatic N) is 2. The van der Waals surface area contributed by atoms with E-state index in [0.29, 0.717) is 6.54 Å². The number of aliphatic hydroxyl groups is 1. The number of carbonyl (C=O) groups is 1. The average Bonchev–Trinajstić information content (AvgIpc) is 2.64. The Morgan fingerprint density at radius 1 is 1.27 bits per heavy atom. The summed E-state index contributed by atoms with van der Waals surface area (Å²) in [5.74, 6) is 0.435. The second kappa shape index (κ2) is 9.19. The number of rotatable bonds is 8. The molecule has 0 unspecified atom stereocenters. The zero-order chi connectivity index (χ0) is 19.1. The number of fused-ring (bicyclic) bond motifs is 1. The maximum absolute atomic E-state index is 11.7. The number of nitrogens with one attached hydrogen (secondary N) is 1. The number of carbonyl (C=O) groups excluding carboxylic acids is 1. The van der Waals surface area contributed by atoms with Gasteiger partial charge in [0.25, 0.3) is 5.91 Å². The van der Waals surface area contributed by atoms with Crippen LogP contribution in [0, 0.1) is 4.91 Å². The third-order valence-corrected chi connectivity index (χ3v) is 4.38. The third kappa shape index (κ3) is 4.72. The SMILES string of the molecule is COc1cc2c(cc1OC)CN(CCCNC(=O)/C(N=O)=C(/C)O)CC2. The Balaban J connectivity index is 1.85. The van der Waals surface area contributed by atoms with Gasteiger partial charge >= 0.3 is 0 Å². The predicted octanol–water partition coefficient (Wildman–Crippen LogP) is 2.12. The van der Waals surface area contributed by atoms with Gasteiger partial charge in [0.05, 0.1) is 14.2 Å². The molecule has 0 aliphatic carbocycles. The average molecular weight is 363 g/mol. The van der Waals surface area contributed by atoms with Crippen molar-refractivity contribution in [3.8, 4) is 11.5 Å². The number of nitroso groups, excluding NO2 is 1. The molecule has 2 N–H and O–H groups in total. The van der Waals surface area contributed by atoms with E-state index in [1.54, 1.807) is 14.2 Å². The molecule has 0 saturated carbocycles. The van der Waals surface area contributed by atoms with Gasteiger partial charge in [0, 0.05) is 26.2 Å². The van der Waals surface area contributed by atoms with Crippen LogP contribution in [0.15, 0.2) is 28.8 Å². The zero-order valence-electron chi connectivity index (χ0n) is 15.4. The molecule has 0 atom stereocenters. The van der Waals surface area contributed by atoms with Gasteiger partial charge in [0.15, 0.2) is 11.5 Å². The lowest BCUT2D eigenvalue weighted by molar-refractivity contribution is -0.117. The fourth-order valence-electron chi connectivity index (χ4n) is 2.99. The van der Waals surface area contributed by atoms with Crippen molar-refractivity contribution in [2.45, 2.75) is 26.3 Å². The van der Waals surface area contributed by atoms with Crippen molar-refractivity contribution in [3.05, 3.63) is 39.6 Å². The summed E-state index contributed by atoms with van der Waals surface area (Å²) >= 11 is 0. The van der Waals surface area contributed by atoms with E-state index in [9.17, 15) is 14.8 Å². The molecule has 0 fully saturated rings. The molecule has 1 amide bonds. The number of ether oxygens (including phenoxy) is 2. The minimum atomic E-state index is -0.652. The first kappa shape index (κ1) is 19.7. The largest absolute Gasteiger partial charge is 0.510 e. The Morgan fingerprint density at radius 2 is 1.92 bits per heavy atom. The van der Waals surface area contributed by atoms with E-state index in [4.69, 9.17) is 9.47 Å². The molecule has 8 nitrogen and oxygen atoms in total. The summed E-state index contributed by atoms with van der Waals surface area (Å²) in [6, 6.07) is 4.04. The summed E-state index contributed by atoms with van der Waals surface area (Å²) in [5, 5.41) is 14.4. The van der Waals surface area contributed by atoms with Crippen molar-refractivity contribution in [2.24, 2.45) is 5.18 Å². The van der Waals surface area contributed by atoms with E-state index in [1.165, 1.54) is 18.1 Å². The Bertz CT molecular complexity index is 698. The highest BCUT2D eigenvalue weighted by molar-refractivity contribution is 5.93. The third-order valence-electron chi connectivity index (χ3n) is 4.38. The summed E-state index contributed by atoms with van der Waals surface area (Å²) in [7, 11) is 3.26. The monoisotopic (exact) mass is 363 g/mol. The smallest absolute Gasteiger partial charge is 0.277 e. The second-order valence-corrected chi connectivity index (χ2v) is 6.14. The molecule has 2 rings (SSSR count). The normalized spacial score (nSPS) is 14.9. The van der Waals surface area contributed by atoms with Gasteiger partial charge in [-0.3, -0.25) is 9.69 Å². The van der Waals surface area contributed by atoms with Gasteiger partial charge in [0.2, 0.25) is 5.70 Å². The maximum atomic E-state index is 11.7. The van der Waals surface area contributed by atoms with E-state index in [1.807, 2.05) is 12.1 Å². The first-order valence-electron chi connectivity index (χ1n) is 8.47. The summed E-state index contributed by atoms with van der Waals surface area (Å²) in [4.78, 5) is 24.5. The number of aliphatic hydroxyl groups excluding tert-OH is 1. The molecule has 1 aliphatic heterocycles. The lowest BCUT2D eigenvalue weighted by Gasteiger charge is -2.29. The number of hydrogen-bond donors (Lipinski definition) is 2. The lowest BCUT2D eigenvalue weighted by Crippen LogP contribution is -2.34. The van der Waals surface area contributed by atoms with E-state index in [2.05, 4.69) is 15.4 Å². The Labute approximate surface area is 152 Å². The molecule has 26 heavy (non-hydrogen) atoms. The fourth-order valence-corrected chi connectivity index (χ4v) is 2.99. The van der Waals surface area contributed by atoms with Crippen molar-refractivity contribution in [3.63, 3.8) is 0 Å². The number of benzene rings is 1. The van der Waals surface area contributed by atoms with Crippen LogP contribution in [0.5, 0.6) is 11.5 Å². The van der Waals surface area contributed by atoms with Crippen LogP contribution in [0.3, 0.4) is 0 Å². The molecule has 1 aliphatic rings. The molecule has 0 bridgehead atoms. The minimum absolute atomic E-state index is 0.380. The molecule has 142 valence electrons. The van der Waals surface area contributed by atoms with Gasteiger partial charge in [-0.1, -0.05) is 0 Å². The molecule has 1 heterocycles. The van der Waals surface area contributed by atoms with Crippen LogP contribution in [-0.4, -0.2) is 49.8 Å². The van der Waals surface area contributed by atoms with Crippen molar-refractivity contribution in [1.82, 2.24) is 10.2 Å². The first-order valence-corrected chi connectivity index (χ1v) is 8.47. The highest BCUT2D eigenvalue weighted by atomic mass is 16.5. The number of allylic oxidation sites excluding steroid dienone is 1. The molecule has 0 spiro atoms. The summed E-state index contributed by atoms with van der Waals surface area (Å²) in [6.45, 7) is 4.19. The van der Waals surface area contributed by atoms with Crippen LogP contribution in [-0.2, 0) is 17.8 Å². The predicted molar refractivity (Wildman–Crippen MR) is 97.3 cm³/mol. The van der Waals surface area contributed by atoms with Gasteiger partial charge in [-0.2, -0.15) is 0 Å². The van der Waals surface area contributed by atoms with E-state index >= 15 is 0 Å². The summed E-state index contributed by atoms with van der Waals surface area (Å²) < 4.78 is 10.7. The Hall–Kier alpha value is -2.61. The van der Waals surface area contributed by atoms with Crippen molar-refractivity contribution in [2.75, 3.05) is 33.9 Å². The molecule has 0 saturated heterocycles. The topological polar surface area (TPSA) is 100 Å². The summed E-state index contributed by atoms with van der Waals surface area (Å²) in [6.07, 6.45) is 1.65. The highest BCUT2D eigenvalue weighted by Gasteiger charge is 2.19. The van der Waals surface area contributed by atoms with Crippen LogP contribution < -0.4 is 14.8 Å².